The summed E-state index contributed by atoms with van der Waals surface area (Å²) < 4.78 is 0. The van der Waals surface area contributed by atoms with E-state index in [4.69, 9.17) is 10.8 Å². The van der Waals surface area contributed by atoms with E-state index in [1.54, 1.807) is 24.3 Å². The molecule has 0 saturated carbocycles. The number of benzene rings is 1. The third-order valence-electron chi connectivity index (χ3n) is 2.86. The lowest BCUT2D eigenvalue weighted by Gasteiger charge is -2.08. The van der Waals surface area contributed by atoms with E-state index in [1.807, 2.05) is 0 Å². The lowest BCUT2D eigenvalue weighted by Crippen LogP contribution is -2.26. The van der Waals surface area contributed by atoms with Crippen LogP contribution in [0.3, 0.4) is 0 Å². The maximum Gasteiger partial charge on any atom is 0.274 e. The van der Waals surface area contributed by atoms with E-state index in [9.17, 15) is 9.59 Å². The Morgan fingerprint density at radius 1 is 1.14 bits per heavy atom. The quantitative estimate of drug-likeness (QED) is 0.604. The summed E-state index contributed by atoms with van der Waals surface area (Å²) in [5.74, 6) is -0.777. The summed E-state index contributed by atoms with van der Waals surface area (Å²) in [4.78, 5) is 27.7. The molecule has 1 aromatic heterocycles. The van der Waals surface area contributed by atoms with Gasteiger partial charge in [-0.05, 0) is 24.3 Å². The number of nitrogen functional groups attached to an aromatic ring is 1. The summed E-state index contributed by atoms with van der Waals surface area (Å²) in [6, 6.07) is 9.82. The average Bonchev–Trinajstić information content (AvgIpc) is 2.55. The standard InChI is InChI=1S/C15H16N4O3/c16-11-3-1-2-4-12(11)19-15(22)13-6-5-10(9-18-13)14(21)17-7-8-20/h1-6,9,20H,7-8,16H2,(H,17,21)(H,19,22). The van der Waals surface area contributed by atoms with Crippen LogP contribution in [0.5, 0.6) is 0 Å². The molecule has 0 radical (unpaired) electrons. The highest BCUT2D eigenvalue weighted by Crippen LogP contribution is 2.17. The number of nitrogens with two attached hydrogens (primary N) is 1. The maximum atomic E-state index is 12.1. The smallest absolute Gasteiger partial charge is 0.274 e. The molecule has 7 nitrogen and oxygen atoms in total. The Hall–Kier alpha value is -2.93. The van der Waals surface area contributed by atoms with Gasteiger partial charge in [0, 0.05) is 12.7 Å². The highest BCUT2D eigenvalue weighted by molar-refractivity contribution is 6.04. The molecule has 22 heavy (non-hydrogen) atoms. The van der Waals surface area contributed by atoms with Gasteiger partial charge in [0.1, 0.15) is 5.69 Å². The van der Waals surface area contributed by atoms with Crippen molar-refractivity contribution in [2.75, 3.05) is 24.2 Å². The van der Waals surface area contributed by atoms with Crippen molar-refractivity contribution >= 4 is 23.2 Å². The van der Waals surface area contributed by atoms with Crippen LogP contribution in [0.15, 0.2) is 42.6 Å². The lowest BCUT2D eigenvalue weighted by molar-refractivity contribution is 0.0942. The minimum Gasteiger partial charge on any atom is -0.397 e. The number of para-hydroxylation sites is 2. The number of carbonyl (C=O) groups excluding carboxylic acids is 2. The van der Waals surface area contributed by atoms with Crippen LogP contribution >= 0.6 is 0 Å². The largest absolute Gasteiger partial charge is 0.397 e. The number of amides is 2. The zero-order valence-electron chi connectivity index (χ0n) is 11.7. The number of carbonyl (C=O) groups is 2. The van der Waals surface area contributed by atoms with Crippen molar-refractivity contribution in [3.8, 4) is 0 Å². The molecule has 0 spiro atoms. The van der Waals surface area contributed by atoms with Crippen molar-refractivity contribution in [3.05, 3.63) is 53.9 Å². The van der Waals surface area contributed by atoms with E-state index < -0.39 is 5.91 Å². The molecule has 0 saturated heterocycles. The summed E-state index contributed by atoms with van der Waals surface area (Å²) >= 11 is 0. The number of nitrogens with zero attached hydrogens (tertiary/aromatic N) is 1. The molecular weight excluding hydrogens is 284 g/mol. The molecule has 7 heteroatoms. The van der Waals surface area contributed by atoms with E-state index in [0.717, 1.165) is 0 Å². The van der Waals surface area contributed by atoms with E-state index in [1.165, 1.54) is 18.3 Å². The predicted molar refractivity (Wildman–Crippen MR) is 82.5 cm³/mol. The Morgan fingerprint density at radius 2 is 1.91 bits per heavy atom. The summed E-state index contributed by atoms with van der Waals surface area (Å²) in [6.45, 7) is 0.0203. The Kier molecular flexibility index (Phi) is 5.05. The summed E-state index contributed by atoms with van der Waals surface area (Å²) in [6.07, 6.45) is 1.30. The van der Waals surface area contributed by atoms with Gasteiger partial charge in [0.25, 0.3) is 11.8 Å². The van der Waals surface area contributed by atoms with Crippen LogP contribution in [0.4, 0.5) is 11.4 Å². The van der Waals surface area contributed by atoms with Crippen molar-refractivity contribution in [2.45, 2.75) is 0 Å². The number of hydrogen-bond acceptors (Lipinski definition) is 5. The number of rotatable bonds is 5. The molecule has 1 heterocycles. The van der Waals surface area contributed by atoms with Gasteiger partial charge < -0.3 is 21.5 Å². The molecule has 1 aromatic carbocycles. The van der Waals surface area contributed by atoms with E-state index >= 15 is 0 Å². The van der Waals surface area contributed by atoms with Gasteiger partial charge in [-0.2, -0.15) is 0 Å². The fourth-order valence-corrected chi connectivity index (χ4v) is 1.73. The van der Waals surface area contributed by atoms with Crippen LogP contribution in [-0.2, 0) is 0 Å². The molecule has 0 aliphatic rings. The monoisotopic (exact) mass is 300 g/mol. The molecule has 2 rings (SSSR count). The number of aliphatic hydroxyl groups is 1. The molecule has 0 aliphatic carbocycles. The zero-order chi connectivity index (χ0) is 15.9. The van der Waals surface area contributed by atoms with Gasteiger partial charge in [-0.3, -0.25) is 14.6 Å². The van der Waals surface area contributed by atoms with E-state index in [2.05, 4.69) is 15.6 Å². The van der Waals surface area contributed by atoms with E-state index in [0.29, 0.717) is 16.9 Å². The van der Waals surface area contributed by atoms with Crippen molar-refractivity contribution < 1.29 is 14.7 Å². The van der Waals surface area contributed by atoms with Crippen LogP contribution in [0.2, 0.25) is 0 Å². The third-order valence-corrected chi connectivity index (χ3v) is 2.86. The second-order valence-corrected chi connectivity index (χ2v) is 4.45. The number of anilines is 2. The molecule has 0 fully saturated rings. The predicted octanol–water partition coefficient (Wildman–Crippen LogP) is 0.638. The molecular formula is C15H16N4O3. The lowest BCUT2D eigenvalue weighted by atomic mass is 10.2. The summed E-state index contributed by atoms with van der Waals surface area (Å²) in [5.41, 5.74) is 7.18. The summed E-state index contributed by atoms with van der Waals surface area (Å²) in [5, 5.41) is 13.8. The molecule has 2 amide bonds. The maximum absolute atomic E-state index is 12.1. The number of aromatic nitrogens is 1. The van der Waals surface area contributed by atoms with Crippen LogP contribution in [0.25, 0.3) is 0 Å². The first-order chi connectivity index (χ1) is 10.6. The van der Waals surface area contributed by atoms with Gasteiger partial charge in [-0.15, -0.1) is 0 Å². The number of pyridine rings is 1. The van der Waals surface area contributed by atoms with E-state index in [-0.39, 0.29) is 24.8 Å². The number of nitrogens with one attached hydrogen (secondary N) is 2. The minimum atomic E-state index is -0.416. The Labute approximate surface area is 127 Å². The van der Waals surface area contributed by atoms with Crippen molar-refractivity contribution in [1.29, 1.82) is 0 Å². The Bertz CT molecular complexity index is 671. The molecule has 2 aromatic rings. The second-order valence-electron chi connectivity index (χ2n) is 4.45. The third kappa shape index (κ3) is 3.80. The van der Waals surface area contributed by atoms with Gasteiger partial charge in [0.2, 0.25) is 0 Å². The van der Waals surface area contributed by atoms with Gasteiger partial charge in [0.15, 0.2) is 0 Å². The fraction of sp³-hybridized carbons (Fsp3) is 0.133. The average molecular weight is 300 g/mol. The minimum absolute atomic E-state index is 0.141. The first-order valence-corrected chi connectivity index (χ1v) is 6.63. The Morgan fingerprint density at radius 3 is 2.55 bits per heavy atom. The molecule has 0 atom stereocenters. The SMILES string of the molecule is Nc1ccccc1NC(=O)c1ccc(C(=O)NCCO)cn1. The number of aliphatic hydroxyl groups excluding tert-OH is 1. The molecule has 0 bridgehead atoms. The fourth-order valence-electron chi connectivity index (χ4n) is 1.73. The molecule has 5 N–H and O–H groups in total. The first kappa shape index (κ1) is 15.5. The molecule has 0 aliphatic heterocycles. The van der Waals surface area contributed by atoms with Crippen molar-refractivity contribution in [2.24, 2.45) is 0 Å². The van der Waals surface area contributed by atoms with Crippen LogP contribution in [0, 0.1) is 0 Å². The van der Waals surface area contributed by atoms with Gasteiger partial charge >= 0.3 is 0 Å². The van der Waals surface area contributed by atoms with Crippen LogP contribution < -0.4 is 16.4 Å². The van der Waals surface area contributed by atoms with Crippen molar-refractivity contribution in [3.63, 3.8) is 0 Å². The second kappa shape index (κ2) is 7.19. The molecule has 0 unspecified atom stereocenters. The summed E-state index contributed by atoms with van der Waals surface area (Å²) in [7, 11) is 0. The van der Waals surface area contributed by atoms with Crippen LogP contribution in [0.1, 0.15) is 20.8 Å². The number of hydrogen-bond donors (Lipinski definition) is 4. The molecule has 114 valence electrons. The highest BCUT2D eigenvalue weighted by Gasteiger charge is 2.11. The first-order valence-electron chi connectivity index (χ1n) is 6.63. The van der Waals surface area contributed by atoms with Gasteiger partial charge in [-0.1, -0.05) is 12.1 Å². The van der Waals surface area contributed by atoms with Gasteiger partial charge in [0.05, 0.1) is 23.5 Å². The van der Waals surface area contributed by atoms with Crippen LogP contribution in [-0.4, -0.2) is 35.1 Å². The topological polar surface area (TPSA) is 117 Å². The van der Waals surface area contributed by atoms with Crippen molar-refractivity contribution in [1.82, 2.24) is 10.3 Å². The van der Waals surface area contributed by atoms with Gasteiger partial charge in [-0.25, -0.2) is 0 Å². The highest BCUT2D eigenvalue weighted by atomic mass is 16.3. The normalized spacial score (nSPS) is 10.0. The zero-order valence-corrected chi connectivity index (χ0v) is 11.7. The Balaban J connectivity index is 2.05.